The Bertz CT molecular complexity index is 840. The zero-order valence-electron chi connectivity index (χ0n) is 17.6. The number of aryl methyl sites for hydroxylation is 1. The molecule has 2 aromatic carbocycles. The second kappa shape index (κ2) is 9.23. The topological polar surface area (TPSA) is 52.7 Å². The van der Waals surface area contributed by atoms with Crippen molar-refractivity contribution in [1.82, 2.24) is 15.1 Å². The van der Waals surface area contributed by atoms with E-state index < -0.39 is 5.41 Å². The van der Waals surface area contributed by atoms with Crippen LogP contribution in [0.1, 0.15) is 30.5 Å². The highest BCUT2D eigenvalue weighted by molar-refractivity contribution is 6.04. The average Bonchev–Trinajstić information content (AvgIpc) is 2.73. The van der Waals surface area contributed by atoms with Crippen LogP contribution in [0.4, 0.5) is 0 Å². The van der Waals surface area contributed by atoms with Crippen LogP contribution in [-0.2, 0) is 22.7 Å². The Morgan fingerprint density at radius 2 is 1.55 bits per heavy atom. The molecule has 5 heteroatoms. The first-order chi connectivity index (χ1) is 13.9. The summed E-state index contributed by atoms with van der Waals surface area (Å²) in [6, 6.07) is 18.3. The number of rotatable bonds is 6. The highest BCUT2D eigenvalue weighted by Gasteiger charge is 2.39. The average molecular weight is 394 g/mol. The molecule has 29 heavy (non-hydrogen) atoms. The molecule has 1 saturated heterocycles. The maximum Gasteiger partial charge on any atom is 0.237 e. The van der Waals surface area contributed by atoms with Gasteiger partial charge in [0.15, 0.2) is 0 Å². The van der Waals surface area contributed by atoms with Crippen molar-refractivity contribution in [2.75, 3.05) is 26.2 Å². The number of piperazine rings is 1. The second-order valence-electron chi connectivity index (χ2n) is 8.29. The van der Waals surface area contributed by atoms with Crippen molar-refractivity contribution < 1.29 is 9.59 Å². The fourth-order valence-corrected chi connectivity index (χ4v) is 3.65. The SMILES string of the molecule is Cc1ccccc1CNC(=O)C(C)(C)C(=O)N1CCN(Cc2ccccc2)CC1. The van der Waals surface area contributed by atoms with E-state index in [9.17, 15) is 9.59 Å². The normalized spacial score (nSPS) is 15.2. The van der Waals surface area contributed by atoms with Crippen molar-refractivity contribution in [3.05, 3.63) is 71.3 Å². The molecule has 2 aromatic rings. The molecule has 0 radical (unpaired) electrons. The van der Waals surface area contributed by atoms with Gasteiger partial charge in [0.2, 0.25) is 11.8 Å². The lowest BCUT2D eigenvalue weighted by molar-refractivity contribution is -0.150. The molecule has 154 valence electrons. The van der Waals surface area contributed by atoms with E-state index >= 15 is 0 Å². The number of hydrogen-bond acceptors (Lipinski definition) is 3. The highest BCUT2D eigenvalue weighted by Crippen LogP contribution is 2.21. The lowest BCUT2D eigenvalue weighted by Gasteiger charge is -2.38. The van der Waals surface area contributed by atoms with Crippen LogP contribution in [0.3, 0.4) is 0 Å². The number of carbonyl (C=O) groups is 2. The van der Waals surface area contributed by atoms with E-state index in [0.717, 1.165) is 30.8 Å². The Morgan fingerprint density at radius 3 is 2.21 bits per heavy atom. The smallest absolute Gasteiger partial charge is 0.237 e. The lowest BCUT2D eigenvalue weighted by Crippen LogP contribution is -2.55. The van der Waals surface area contributed by atoms with Gasteiger partial charge in [0.1, 0.15) is 5.41 Å². The van der Waals surface area contributed by atoms with E-state index in [4.69, 9.17) is 0 Å². The summed E-state index contributed by atoms with van der Waals surface area (Å²) < 4.78 is 0. The van der Waals surface area contributed by atoms with Crippen molar-refractivity contribution in [2.24, 2.45) is 5.41 Å². The Hall–Kier alpha value is -2.66. The van der Waals surface area contributed by atoms with Gasteiger partial charge in [0.05, 0.1) is 0 Å². The first kappa shape index (κ1) is 21.1. The summed E-state index contributed by atoms with van der Waals surface area (Å²) >= 11 is 0. The third-order valence-electron chi connectivity index (χ3n) is 5.71. The maximum absolute atomic E-state index is 13.1. The highest BCUT2D eigenvalue weighted by atomic mass is 16.2. The van der Waals surface area contributed by atoms with Gasteiger partial charge in [-0.15, -0.1) is 0 Å². The molecule has 0 saturated carbocycles. The molecule has 3 rings (SSSR count). The molecule has 0 atom stereocenters. The third kappa shape index (κ3) is 5.24. The summed E-state index contributed by atoms with van der Waals surface area (Å²) in [5.41, 5.74) is 2.40. The molecule has 0 bridgehead atoms. The second-order valence-corrected chi connectivity index (χ2v) is 8.29. The van der Waals surface area contributed by atoms with Gasteiger partial charge in [-0.25, -0.2) is 0 Å². The van der Waals surface area contributed by atoms with E-state index in [1.165, 1.54) is 5.56 Å². The van der Waals surface area contributed by atoms with Crippen molar-refractivity contribution in [3.63, 3.8) is 0 Å². The molecule has 0 unspecified atom stereocenters. The Balaban J connectivity index is 1.52. The number of hydrogen-bond donors (Lipinski definition) is 1. The quantitative estimate of drug-likeness (QED) is 0.768. The van der Waals surface area contributed by atoms with Gasteiger partial charge in [-0.2, -0.15) is 0 Å². The molecule has 0 aromatic heterocycles. The van der Waals surface area contributed by atoms with Crippen molar-refractivity contribution in [1.29, 1.82) is 0 Å². The van der Waals surface area contributed by atoms with Gasteiger partial charge in [0.25, 0.3) is 0 Å². The number of nitrogens with zero attached hydrogens (tertiary/aromatic N) is 2. The monoisotopic (exact) mass is 393 g/mol. The zero-order chi connectivity index (χ0) is 20.9. The minimum atomic E-state index is -1.08. The third-order valence-corrected chi connectivity index (χ3v) is 5.71. The van der Waals surface area contributed by atoms with Gasteiger partial charge in [-0.05, 0) is 37.5 Å². The fourth-order valence-electron chi connectivity index (χ4n) is 3.65. The fraction of sp³-hybridized carbons (Fsp3) is 0.417. The maximum atomic E-state index is 13.1. The number of nitrogens with one attached hydrogen (secondary N) is 1. The molecular weight excluding hydrogens is 362 g/mol. The summed E-state index contributed by atoms with van der Waals surface area (Å²) in [6.45, 7) is 9.74. The van der Waals surface area contributed by atoms with Crippen molar-refractivity contribution in [3.8, 4) is 0 Å². The predicted molar refractivity (Wildman–Crippen MR) is 115 cm³/mol. The van der Waals surface area contributed by atoms with Crippen LogP contribution in [-0.4, -0.2) is 47.8 Å². The molecule has 5 nitrogen and oxygen atoms in total. The zero-order valence-corrected chi connectivity index (χ0v) is 17.6. The molecule has 2 amide bonds. The predicted octanol–water partition coefficient (Wildman–Crippen LogP) is 2.98. The van der Waals surface area contributed by atoms with Crippen LogP contribution in [0.2, 0.25) is 0 Å². The largest absolute Gasteiger partial charge is 0.351 e. The minimum absolute atomic E-state index is 0.0980. The molecule has 1 fully saturated rings. The van der Waals surface area contributed by atoms with Crippen LogP contribution in [0, 0.1) is 12.3 Å². The molecule has 1 N–H and O–H groups in total. The van der Waals surface area contributed by atoms with Crippen molar-refractivity contribution in [2.45, 2.75) is 33.9 Å². The summed E-state index contributed by atoms with van der Waals surface area (Å²) in [5.74, 6) is -0.323. The van der Waals surface area contributed by atoms with Crippen LogP contribution < -0.4 is 5.32 Å². The van der Waals surface area contributed by atoms with Crippen molar-refractivity contribution >= 4 is 11.8 Å². The van der Waals surface area contributed by atoms with E-state index in [1.54, 1.807) is 13.8 Å². The summed E-state index contributed by atoms with van der Waals surface area (Å²) in [5, 5.41) is 2.94. The lowest BCUT2D eigenvalue weighted by atomic mass is 9.89. The van der Waals surface area contributed by atoms with Gasteiger partial charge < -0.3 is 10.2 Å². The summed E-state index contributed by atoms with van der Waals surface area (Å²) in [7, 11) is 0. The first-order valence-electron chi connectivity index (χ1n) is 10.3. The van der Waals surface area contributed by atoms with Crippen LogP contribution in [0.15, 0.2) is 54.6 Å². The van der Waals surface area contributed by atoms with Crippen LogP contribution in [0.5, 0.6) is 0 Å². The summed E-state index contributed by atoms with van der Waals surface area (Å²) in [4.78, 5) is 30.0. The Labute approximate surface area is 173 Å². The van der Waals surface area contributed by atoms with E-state index in [-0.39, 0.29) is 11.8 Å². The van der Waals surface area contributed by atoms with Crippen LogP contribution >= 0.6 is 0 Å². The molecule has 0 spiro atoms. The number of amides is 2. The molecule has 1 aliphatic rings. The molecule has 0 aliphatic carbocycles. The number of carbonyl (C=O) groups excluding carboxylic acids is 2. The van der Waals surface area contributed by atoms with Crippen LogP contribution in [0.25, 0.3) is 0 Å². The van der Waals surface area contributed by atoms with E-state index in [0.29, 0.717) is 19.6 Å². The van der Waals surface area contributed by atoms with Gasteiger partial charge in [0, 0.05) is 39.3 Å². The molecular formula is C24H31N3O2. The Kier molecular flexibility index (Phi) is 6.70. The number of benzene rings is 2. The minimum Gasteiger partial charge on any atom is -0.351 e. The van der Waals surface area contributed by atoms with E-state index in [1.807, 2.05) is 54.3 Å². The summed E-state index contributed by atoms with van der Waals surface area (Å²) in [6.07, 6.45) is 0. The standard InChI is InChI=1S/C24H31N3O2/c1-19-9-7-8-12-21(19)17-25-22(28)24(2,3)23(29)27-15-13-26(14-16-27)18-20-10-5-4-6-11-20/h4-12H,13-18H2,1-3H3,(H,25,28). The molecule has 1 aliphatic heterocycles. The van der Waals surface area contributed by atoms with Gasteiger partial charge in [-0.3, -0.25) is 14.5 Å². The first-order valence-corrected chi connectivity index (χ1v) is 10.3. The van der Waals surface area contributed by atoms with E-state index in [2.05, 4.69) is 22.3 Å². The van der Waals surface area contributed by atoms with Gasteiger partial charge >= 0.3 is 0 Å². The van der Waals surface area contributed by atoms with Gasteiger partial charge in [-0.1, -0.05) is 54.6 Å². The Morgan fingerprint density at radius 1 is 0.931 bits per heavy atom. The molecule has 1 heterocycles.